The van der Waals surface area contributed by atoms with E-state index in [1.165, 1.54) is 0 Å². The topological polar surface area (TPSA) is 42.4 Å². The van der Waals surface area contributed by atoms with Gasteiger partial charge in [0.15, 0.2) is 0 Å². The van der Waals surface area contributed by atoms with E-state index in [1.54, 1.807) is 6.20 Å². The first-order valence-electron chi connectivity index (χ1n) is 7.01. The largest absolute Gasteiger partial charge is 0.382 e. The van der Waals surface area contributed by atoms with Crippen LogP contribution in [-0.4, -0.2) is 21.3 Å². The van der Waals surface area contributed by atoms with Crippen LogP contribution in [0.25, 0.3) is 10.8 Å². The molecule has 1 aliphatic heterocycles. The molecular weight excluding hydrogens is 250 g/mol. The lowest BCUT2D eigenvalue weighted by molar-refractivity contribution is -0.129. The maximum atomic E-state index is 11.4. The van der Waals surface area contributed by atoms with Crippen molar-refractivity contribution in [2.24, 2.45) is 0 Å². The number of pyridine rings is 1. The van der Waals surface area contributed by atoms with Crippen LogP contribution in [0.3, 0.4) is 0 Å². The average Bonchev–Trinajstić information content (AvgIpc) is 2.53. The lowest BCUT2D eigenvalue weighted by atomic mass is 9.76. The zero-order valence-corrected chi connectivity index (χ0v) is 12.5. The molecule has 0 bridgehead atoms. The van der Waals surface area contributed by atoms with E-state index in [4.69, 9.17) is 4.74 Å². The predicted molar refractivity (Wildman–Crippen MR) is 79.5 cm³/mol. The van der Waals surface area contributed by atoms with Gasteiger partial charge in [-0.15, -0.1) is 0 Å². The number of aliphatic hydroxyl groups is 1. The molecule has 106 valence electrons. The minimum atomic E-state index is -1.01. The Bertz CT molecular complexity index is 658. The fourth-order valence-electron chi connectivity index (χ4n) is 3.53. The van der Waals surface area contributed by atoms with Crippen molar-refractivity contribution in [1.82, 2.24) is 4.98 Å². The molecule has 0 amide bonds. The molecule has 0 aliphatic carbocycles. The Morgan fingerprint density at radius 2 is 1.90 bits per heavy atom. The van der Waals surface area contributed by atoms with Crippen molar-refractivity contribution in [3.05, 3.63) is 42.2 Å². The van der Waals surface area contributed by atoms with Gasteiger partial charge in [0.25, 0.3) is 0 Å². The van der Waals surface area contributed by atoms with Gasteiger partial charge in [0, 0.05) is 24.2 Å². The lowest BCUT2D eigenvalue weighted by Crippen LogP contribution is -2.43. The van der Waals surface area contributed by atoms with Gasteiger partial charge in [-0.05, 0) is 44.7 Å². The van der Waals surface area contributed by atoms with Gasteiger partial charge in [-0.3, -0.25) is 4.98 Å². The van der Waals surface area contributed by atoms with Crippen LogP contribution in [0.2, 0.25) is 0 Å². The first-order chi connectivity index (χ1) is 9.25. The monoisotopic (exact) mass is 271 g/mol. The minimum absolute atomic E-state index is 0.345. The van der Waals surface area contributed by atoms with Gasteiger partial charge in [-0.1, -0.05) is 18.2 Å². The maximum Gasteiger partial charge on any atom is 0.121 e. The average molecular weight is 271 g/mol. The zero-order valence-electron chi connectivity index (χ0n) is 12.5. The number of hydrogen-bond donors (Lipinski definition) is 1. The Labute approximate surface area is 119 Å². The molecule has 2 aromatic rings. The van der Waals surface area contributed by atoms with Gasteiger partial charge in [-0.25, -0.2) is 0 Å². The summed E-state index contributed by atoms with van der Waals surface area (Å²) in [5.41, 5.74) is -1.10. The highest BCUT2D eigenvalue weighted by Gasteiger charge is 2.57. The van der Waals surface area contributed by atoms with E-state index in [0.29, 0.717) is 6.42 Å². The van der Waals surface area contributed by atoms with Crippen LogP contribution in [0, 0.1) is 0 Å². The van der Waals surface area contributed by atoms with Crippen LogP contribution in [0.4, 0.5) is 0 Å². The Balaban J connectivity index is 2.25. The number of aromatic nitrogens is 1. The SMILES string of the molecule is CC1(C)CC(O)(c2cccc3ccncc23)C(C)(C)O1. The molecule has 0 saturated carbocycles. The molecule has 2 heterocycles. The second-order valence-corrected chi connectivity index (χ2v) is 6.81. The van der Waals surface area contributed by atoms with Crippen LogP contribution in [0.1, 0.15) is 39.7 Å². The van der Waals surface area contributed by atoms with E-state index in [2.05, 4.69) is 4.98 Å². The number of rotatable bonds is 1. The van der Waals surface area contributed by atoms with Crippen molar-refractivity contribution in [1.29, 1.82) is 0 Å². The van der Waals surface area contributed by atoms with Crippen LogP contribution in [-0.2, 0) is 10.3 Å². The second-order valence-electron chi connectivity index (χ2n) is 6.81. The first kappa shape index (κ1) is 13.5. The predicted octanol–water partition coefficient (Wildman–Crippen LogP) is 3.40. The second kappa shape index (κ2) is 4.03. The molecule has 1 aromatic carbocycles. The molecule has 1 unspecified atom stereocenters. The van der Waals surface area contributed by atoms with Crippen LogP contribution in [0.5, 0.6) is 0 Å². The Kier molecular flexibility index (Phi) is 2.72. The number of benzene rings is 1. The molecule has 1 fully saturated rings. The number of nitrogens with zero attached hydrogens (tertiary/aromatic N) is 1. The van der Waals surface area contributed by atoms with Crippen molar-refractivity contribution in [2.45, 2.75) is 50.9 Å². The molecule has 1 aromatic heterocycles. The summed E-state index contributed by atoms with van der Waals surface area (Å²) in [5, 5.41) is 13.5. The van der Waals surface area contributed by atoms with Crippen molar-refractivity contribution in [2.75, 3.05) is 0 Å². The van der Waals surface area contributed by atoms with Crippen molar-refractivity contribution in [3.8, 4) is 0 Å². The molecule has 3 nitrogen and oxygen atoms in total. The third-order valence-corrected chi connectivity index (χ3v) is 4.34. The summed E-state index contributed by atoms with van der Waals surface area (Å²) in [4.78, 5) is 4.21. The lowest BCUT2D eigenvalue weighted by Gasteiger charge is -2.36. The van der Waals surface area contributed by atoms with E-state index in [9.17, 15) is 5.11 Å². The number of fused-ring (bicyclic) bond motifs is 1. The molecule has 1 N–H and O–H groups in total. The molecule has 1 atom stereocenters. The van der Waals surface area contributed by atoms with E-state index in [1.807, 2.05) is 58.2 Å². The highest BCUT2D eigenvalue weighted by molar-refractivity contribution is 5.85. The third kappa shape index (κ3) is 1.85. The Hall–Kier alpha value is -1.45. The summed E-state index contributed by atoms with van der Waals surface area (Å²) in [6.07, 6.45) is 4.17. The smallest absolute Gasteiger partial charge is 0.121 e. The number of ether oxygens (including phenoxy) is 1. The summed E-state index contributed by atoms with van der Waals surface area (Å²) in [6, 6.07) is 7.97. The summed E-state index contributed by atoms with van der Waals surface area (Å²) in [6.45, 7) is 7.96. The molecule has 0 spiro atoms. The van der Waals surface area contributed by atoms with Crippen molar-refractivity contribution >= 4 is 10.8 Å². The zero-order chi connectivity index (χ0) is 14.6. The Morgan fingerprint density at radius 1 is 1.15 bits per heavy atom. The van der Waals surface area contributed by atoms with Gasteiger partial charge in [0.05, 0.1) is 11.2 Å². The van der Waals surface area contributed by atoms with E-state index < -0.39 is 11.2 Å². The maximum absolute atomic E-state index is 11.4. The molecule has 20 heavy (non-hydrogen) atoms. The highest BCUT2D eigenvalue weighted by atomic mass is 16.5. The van der Waals surface area contributed by atoms with Gasteiger partial charge in [0.1, 0.15) is 5.60 Å². The normalized spacial score (nSPS) is 27.9. The summed E-state index contributed by atoms with van der Waals surface area (Å²) >= 11 is 0. The minimum Gasteiger partial charge on any atom is -0.382 e. The van der Waals surface area contributed by atoms with E-state index >= 15 is 0 Å². The standard InChI is InChI=1S/C17H21NO2/c1-15(2)11-17(19,16(3,4)20-15)14-7-5-6-12-8-9-18-10-13(12)14/h5-10,19H,11H2,1-4H3. The highest BCUT2D eigenvalue weighted by Crippen LogP contribution is 2.52. The third-order valence-electron chi connectivity index (χ3n) is 4.34. The van der Waals surface area contributed by atoms with E-state index in [-0.39, 0.29) is 5.60 Å². The first-order valence-corrected chi connectivity index (χ1v) is 7.01. The van der Waals surface area contributed by atoms with Crippen molar-refractivity contribution < 1.29 is 9.84 Å². The molecule has 3 rings (SSSR count). The summed E-state index contributed by atoms with van der Waals surface area (Å²) < 4.78 is 6.08. The summed E-state index contributed by atoms with van der Waals surface area (Å²) in [5.74, 6) is 0. The fourth-order valence-corrected chi connectivity index (χ4v) is 3.53. The fraction of sp³-hybridized carbons (Fsp3) is 0.471. The molecule has 0 radical (unpaired) electrons. The quantitative estimate of drug-likeness (QED) is 0.864. The molecular formula is C17H21NO2. The van der Waals surface area contributed by atoms with Gasteiger partial charge in [-0.2, -0.15) is 0 Å². The molecule has 1 aliphatic rings. The van der Waals surface area contributed by atoms with Gasteiger partial charge in [0.2, 0.25) is 0 Å². The van der Waals surface area contributed by atoms with E-state index in [0.717, 1.165) is 16.3 Å². The van der Waals surface area contributed by atoms with Crippen LogP contribution in [0.15, 0.2) is 36.7 Å². The summed E-state index contributed by atoms with van der Waals surface area (Å²) in [7, 11) is 0. The van der Waals surface area contributed by atoms with Crippen LogP contribution >= 0.6 is 0 Å². The number of hydrogen-bond acceptors (Lipinski definition) is 3. The molecule has 1 saturated heterocycles. The molecule has 3 heteroatoms. The van der Waals surface area contributed by atoms with Crippen molar-refractivity contribution in [3.63, 3.8) is 0 Å². The Morgan fingerprint density at radius 3 is 2.55 bits per heavy atom. The van der Waals surface area contributed by atoms with Crippen LogP contribution < -0.4 is 0 Å². The van der Waals surface area contributed by atoms with Gasteiger partial charge < -0.3 is 9.84 Å². The van der Waals surface area contributed by atoms with Gasteiger partial charge >= 0.3 is 0 Å².